The van der Waals surface area contributed by atoms with Crippen LogP contribution in [0.1, 0.15) is 23.0 Å². The van der Waals surface area contributed by atoms with Crippen molar-refractivity contribution in [3.63, 3.8) is 0 Å². The Morgan fingerprint density at radius 1 is 1.04 bits per heavy atom. The Hall–Kier alpha value is -3.61. The van der Waals surface area contributed by atoms with Gasteiger partial charge in [0.1, 0.15) is 23.0 Å². The predicted octanol–water partition coefficient (Wildman–Crippen LogP) is 3.75. The van der Waals surface area contributed by atoms with Gasteiger partial charge >= 0.3 is 0 Å². The van der Waals surface area contributed by atoms with Crippen molar-refractivity contribution in [2.45, 2.75) is 13.5 Å². The quantitative estimate of drug-likeness (QED) is 0.621. The maximum atomic E-state index is 12.3. The number of hydrogen-bond donors (Lipinski definition) is 2. The Kier molecular flexibility index (Phi) is 6.41. The fourth-order valence-electron chi connectivity index (χ4n) is 2.57. The van der Waals surface area contributed by atoms with Gasteiger partial charge in [-0.1, -0.05) is 18.2 Å². The molecule has 0 spiro atoms. The third-order valence-electron chi connectivity index (χ3n) is 3.96. The number of anilines is 2. The van der Waals surface area contributed by atoms with E-state index >= 15 is 0 Å². The van der Waals surface area contributed by atoms with Crippen molar-refractivity contribution in [3.05, 3.63) is 72.2 Å². The molecule has 0 aliphatic carbocycles. The highest BCUT2D eigenvalue weighted by molar-refractivity contribution is 6.02. The summed E-state index contributed by atoms with van der Waals surface area (Å²) in [5.41, 5.74) is 1.90. The molecule has 7 nitrogen and oxygen atoms in total. The van der Waals surface area contributed by atoms with Crippen LogP contribution in [0.5, 0.6) is 11.5 Å². The molecule has 1 amide bonds. The smallest absolute Gasteiger partial charge is 0.275 e. The first-order valence-electron chi connectivity index (χ1n) is 8.91. The number of rotatable bonds is 8. The van der Waals surface area contributed by atoms with E-state index in [1.165, 1.54) is 12.4 Å². The molecule has 0 fully saturated rings. The second-order valence-electron chi connectivity index (χ2n) is 5.86. The Balaban J connectivity index is 1.58. The number of nitrogens with one attached hydrogen (secondary N) is 2. The normalized spacial score (nSPS) is 10.2. The molecule has 0 unspecified atom stereocenters. The van der Waals surface area contributed by atoms with Gasteiger partial charge in [-0.2, -0.15) is 0 Å². The summed E-state index contributed by atoms with van der Waals surface area (Å²) in [4.78, 5) is 20.8. The molecule has 0 aliphatic heterocycles. The zero-order valence-corrected chi connectivity index (χ0v) is 15.8. The molecule has 3 rings (SSSR count). The van der Waals surface area contributed by atoms with E-state index in [1.54, 1.807) is 31.4 Å². The first kappa shape index (κ1) is 19.2. The van der Waals surface area contributed by atoms with E-state index in [0.29, 0.717) is 24.7 Å². The molecule has 1 aromatic heterocycles. The molecule has 7 heteroatoms. The molecule has 144 valence electrons. The molecule has 0 saturated heterocycles. The van der Waals surface area contributed by atoms with Crippen molar-refractivity contribution in [3.8, 4) is 11.5 Å². The molecule has 0 bridgehead atoms. The molecule has 28 heavy (non-hydrogen) atoms. The van der Waals surface area contributed by atoms with Crippen LogP contribution in [0.15, 0.2) is 60.9 Å². The van der Waals surface area contributed by atoms with Gasteiger partial charge in [-0.05, 0) is 37.3 Å². The molecule has 2 N–H and O–H groups in total. The van der Waals surface area contributed by atoms with E-state index in [1.807, 2.05) is 31.2 Å². The molecule has 1 heterocycles. The van der Waals surface area contributed by atoms with Gasteiger partial charge in [-0.15, -0.1) is 0 Å². The van der Waals surface area contributed by atoms with Crippen LogP contribution >= 0.6 is 0 Å². The van der Waals surface area contributed by atoms with E-state index in [0.717, 1.165) is 17.1 Å². The number of carbonyl (C=O) groups is 1. The van der Waals surface area contributed by atoms with Gasteiger partial charge in [0, 0.05) is 17.8 Å². The Bertz CT molecular complexity index is 912. The monoisotopic (exact) mass is 378 g/mol. The molecule has 0 atom stereocenters. The van der Waals surface area contributed by atoms with Crippen LogP contribution in [0.25, 0.3) is 0 Å². The zero-order chi connectivity index (χ0) is 19.8. The number of nitrogens with zero attached hydrogens (tertiary/aromatic N) is 2. The standard InChI is InChI=1S/C21H22N4O3/c1-3-28-17-10-8-16(9-11-17)25-21(26)18-13-24-20(14-22-18)23-12-15-6-4-5-7-19(15)27-2/h4-11,13-14H,3,12H2,1-2H3,(H,23,24)(H,25,26). The fraction of sp³-hybridized carbons (Fsp3) is 0.190. The third kappa shape index (κ3) is 4.97. The number of amides is 1. The van der Waals surface area contributed by atoms with Crippen LogP contribution < -0.4 is 20.1 Å². The maximum absolute atomic E-state index is 12.3. The summed E-state index contributed by atoms with van der Waals surface area (Å²) >= 11 is 0. The molecule has 2 aromatic carbocycles. The summed E-state index contributed by atoms with van der Waals surface area (Å²) in [7, 11) is 1.64. The van der Waals surface area contributed by atoms with E-state index < -0.39 is 0 Å². The topological polar surface area (TPSA) is 85.4 Å². The van der Waals surface area contributed by atoms with E-state index in [-0.39, 0.29) is 11.6 Å². The Morgan fingerprint density at radius 2 is 1.82 bits per heavy atom. The number of methoxy groups -OCH3 is 1. The first-order chi connectivity index (χ1) is 13.7. The van der Waals surface area contributed by atoms with Gasteiger partial charge in [-0.3, -0.25) is 4.79 Å². The largest absolute Gasteiger partial charge is 0.496 e. The molecule has 0 radical (unpaired) electrons. The minimum absolute atomic E-state index is 0.233. The average Bonchev–Trinajstić information content (AvgIpc) is 2.74. The lowest BCUT2D eigenvalue weighted by molar-refractivity contribution is 0.102. The summed E-state index contributed by atoms with van der Waals surface area (Å²) < 4.78 is 10.7. The average molecular weight is 378 g/mol. The van der Waals surface area contributed by atoms with E-state index in [9.17, 15) is 4.79 Å². The lowest BCUT2D eigenvalue weighted by Crippen LogP contribution is -2.14. The van der Waals surface area contributed by atoms with Crippen molar-refractivity contribution in [1.29, 1.82) is 0 Å². The van der Waals surface area contributed by atoms with Crippen LogP contribution in [0.4, 0.5) is 11.5 Å². The van der Waals surface area contributed by atoms with Crippen molar-refractivity contribution >= 4 is 17.4 Å². The highest BCUT2D eigenvalue weighted by atomic mass is 16.5. The van der Waals surface area contributed by atoms with Crippen molar-refractivity contribution < 1.29 is 14.3 Å². The maximum Gasteiger partial charge on any atom is 0.275 e. The van der Waals surface area contributed by atoms with Gasteiger partial charge in [0.15, 0.2) is 0 Å². The second-order valence-corrected chi connectivity index (χ2v) is 5.86. The van der Waals surface area contributed by atoms with Crippen LogP contribution in [0, 0.1) is 0 Å². The molecule has 3 aromatic rings. The number of ether oxygens (including phenoxy) is 2. The lowest BCUT2D eigenvalue weighted by atomic mass is 10.2. The van der Waals surface area contributed by atoms with Crippen molar-refractivity contribution in [2.75, 3.05) is 24.4 Å². The summed E-state index contributed by atoms with van der Waals surface area (Å²) in [5, 5.41) is 5.96. The van der Waals surface area contributed by atoms with Gasteiger partial charge < -0.3 is 20.1 Å². The lowest BCUT2D eigenvalue weighted by Gasteiger charge is -2.10. The summed E-state index contributed by atoms with van der Waals surface area (Å²) in [6.07, 6.45) is 2.97. The number of hydrogen-bond acceptors (Lipinski definition) is 6. The highest BCUT2D eigenvalue weighted by Crippen LogP contribution is 2.19. The number of benzene rings is 2. The SMILES string of the molecule is CCOc1ccc(NC(=O)c2cnc(NCc3ccccc3OC)cn2)cc1. The minimum Gasteiger partial charge on any atom is -0.496 e. The van der Waals surface area contributed by atoms with Gasteiger partial charge in [0.25, 0.3) is 5.91 Å². The summed E-state index contributed by atoms with van der Waals surface area (Å²) in [6.45, 7) is 3.05. The van der Waals surface area contributed by atoms with Crippen molar-refractivity contribution in [1.82, 2.24) is 9.97 Å². The molecular weight excluding hydrogens is 356 g/mol. The molecular formula is C21H22N4O3. The molecule has 0 aliphatic rings. The zero-order valence-electron chi connectivity index (χ0n) is 15.8. The van der Waals surface area contributed by atoms with Crippen LogP contribution in [-0.2, 0) is 6.54 Å². The number of aromatic nitrogens is 2. The third-order valence-corrected chi connectivity index (χ3v) is 3.96. The Labute approximate surface area is 163 Å². The predicted molar refractivity (Wildman–Crippen MR) is 108 cm³/mol. The first-order valence-corrected chi connectivity index (χ1v) is 8.91. The van der Waals surface area contributed by atoms with Crippen LogP contribution in [0.3, 0.4) is 0 Å². The summed E-state index contributed by atoms with van der Waals surface area (Å²) in [5.74, 6) is 1.80. The van der Waals surface area contributed by atoms with Gasteiger partial charge in [0.05, 0.1) is 26.1 Å². The number of para-hydroxylation sites is 1. The highest BCUT2D eigenvalue weighted by Gasteiger charge is 2.09. The Morgan fingerprint density at radius 3 is 2.50 bits per heavy atom. The van der Waals surface area contributed by atoms with E-state index in [2.05, 4.69) is 20.6 Å². The fourth-order valence-corrected chi connectivity index (χ4v) is 2.57. The minimum atomic E-state index is -0.326. The van der Waals surface area contributed by atoms with Gasteiger partial charge in [-0.25, -0.2) is 9.97 Å². The summed E-state index contributed by atoms with van der Waals surface area (Å²) in [6, 6.07) is 14.9. The second kappa shape index (κ2) is 9.36. The molecule has 0 saturated carbocycles. The van der Waals surface area contributed by atoms with Crippen LogP contribution in [0.2, 0.25) is 0 Å². The van der Waals surface area contributed by atoms with Crippen LogP contribution in [-0.4, -0.2) is 29.6 Å². The van der Waals surface area contributed by atoms with E-state index in [4.69, 9.17) is 9.47 Å². The van der Waals surface area contributed by atoms with Gasteiger partial charge in [0.2, 0.25) is 0 Å². The van der Waals surface area contributed by atoms with Crippen molar-refractivity contribution in [2.24, 2.45) is 0 Å². The number of carbonyl (C=O) groups excluding carboxylic acids is 1.